The zero-order valence-electron chi connectivity index (χ0n) is 14.3. The molecule has 2 aromatic rings. The van der Waals surface area contributed by atoms with Gasteiger partial charge in [0.05, 0.1) is 17.4 Å². The second kappa shape index (κ2) is 7.06. The third-order valence-corrected chi connectivity index (χ3v) is 4.66. The number of carbonyl (C=O) groups is 1. The summed E-state index contributed by atoms with van der Waals surface area (Å²) >= 11 is 0. The molecule has 0 spiro atoms. The van der Waals surface area contributed by atoms with Crippen LogP contribution in [-0.2, 0) is 6.18 Å². The average molecular weight is 367 g/mol. The van der Waals surface area contributed by atoms with Crippen LogP contribution in [0.4, 0.5) is 13.2 Å². The Bertz CT molecular complexity index is 789. The third-order valence-electron chi connectivity index (χ3n) is 4.66. The molecule has 1 aliphatic rings. The van der Waals surface area contributed by atoms with Gasteiger partial charge in [0.2, 0.25) is 0 Å². The van der Waals surface area contributed by atoms with Gasteiger partial charge in [-0.25, -0.2) is 4.68 Å². The summed E-state index contributed by atoms with van der Waals surface area (Å²) in [5.74, 6) is 0.193. The number of carbonyl (C=O) groups excluding carboxylic acids is 1. The summed E-state index contributed by atoms with van der Waals surface area (Å²) in [6.45, 7) is 3.06. The number of amides is 1. The molecular formula is C17H20F3N5O. The van der Waals surface area contributed by atoms with Crippen molar-refractivity contribution in [2.24, 2.45) is 11.7 Å². The number of hydrogen-bond acceptors (Lipinski definition) is 4. The van der Waals surface area contributed by atoms with Crippen LogP contribution in [0.15, 0.2) is 30.5 Å². The number of nitrogens with two attached hydrogens (primary N) is 1. The number of alkyl halides is 3. The van der Waals surface area contributed by atoms with Gasteiger partial charge in [-0.15, -0.1) is 5.10 Å². The van der Waals surface area contributed by atoms with Crippen molar-refractivity contribution in [3.63, 3.8) is 0 Å². The van der Waals surface area contributed by atoms with Crippen LogP contribution in [0, 0.1) is 5.92 Å². The summed E-state index contributed by atoms with van der Waals surface area (Å²) in [6.07, 6.45) is -1.40. The average Bonchev–Trinajstić information content (AvgIpc) is 3.10. The molecule has 140 valence electrons. The SMILES string of the molecule is CC1CCN(C(=O)c2cn(-c3cccc(C(F)(F)F)c3)nn2)C(CN)C1. The number of benzene rings is 1. The van der Waals surface area contributed by atoms with Crippen molar-refractivity contribution in [1.82, 2.24) is 19.9 Å². The Morgan fingerprint density at radius 2 is 2.15 bits per heavy atom. The minimum atomic E-state index is -4.45. The Hall–Kier alpha value is -2.42. The molecule has 0 radical (unpaired) electrons. The zero-order chi connectivity index (χ0) is 18.9. The van der Waals surface area contributed by atoms with Crippen molar-refractivity contribution < 1.29 is 18.0 Å². The van der Waals surface area contributed by atoms with Crippen LogP contribution in [0.5, 0.6) is 0 Å². The van der Waals surface area contributed by atoms with E-state index in [9.17, 15) is 18.0 Å². The van der Waals surface area contributed by atoms with E-state index in [0.29, 0.717) is 19.0 Å². The molecule has 1 aliphatic heterocycles. The van der Waals surface area contributed by atoms with Gasteiger partial charge in [-0.2, -0.15) is 13.2 Å². The van der Waals surface area contributed by atoms with Crippen molar-refractivity contribution in [3.05, 3.63) is 41.7 Å². The van der Waals surface area contributed by atoms with Gasteiger partial charge in [-0.3, -0.25) is 4.79 Å². The highest BCUT2D eigenvalue weighted by molar-refractivity contribution is 5.92. The number of aromatic nitrogens is 3. The van der Waals surface area contributed by atoms with Gasteiger partial charge in [0.1, 0.15) is 0 Å². The molecule has 2 unspecified atom stereocenters. The quantitative estimate of drug-likeness (QED) is 0.904. The zero-order valence-corrected chi connectivity index (χ0v) is 14.3. The molecule has 1 saturated heterocycles. The summed E-state index contributed by atoms with van der Waals surface area (Å²) in [7, 11) is 0. The fraction of sp³-hybridized carbons (Fsp3) is 0.471. The van der Waals surface area contributed by atoms with Crippen molar-refractivity contribution in [1.29, 1.82) is 0 Å². The van der Waals surface area contributed by atoms with Crippen LogP contribution in [-0.4, -0.2) is 44.9 Å². The molecule has 1 aromatic carbocycles. The van der Waals surface area contributed by atoms with Gasteiger partial charge in [0, 0.05) is 19.1 Å². The monoisotopic (exact) mass is 367 g/mol. The Morgan fingerprint density at radius 3 is 2.85 bits per heavy atom. The maximum atomic E-state index is 12.9. The first-order valence-corrected chi connectivity index (χ1v) is 8.40. The van der Waals surface area contributed by atoms with Gasteiger partial charge in [0.15, 0.2) is 5.69 Å². The fourth-order valence-electron chi connectivity index (χ4n) is 3.20. The first-order valence-electron chi connectivity index (χ1n) is 8.40. The highest BCUT2D eigenvalue weighted by atomic mass is 19.4. The number of nitrogens with zero attached hydrogens (tertiary/aromatic N) is 4. The molecule has 0 bridgehead atoms. The maximum Gasteiger partial charge on any atom is 0.416 e. The van der Waals surface area contributed by atoms with Crippen LogP contribution >= 0.6 is 0 Å². The largest absolute Gasteiger partial charge is 0.416 e. The molecule has 6 nitrogen and oxygen atoms in total. The van der Waals surface area contributed by atoms with E-state index in [1.54, 1.807) is 4.90 Å². The van der Waals surface area contributed by atoms with Crippen molar-refractivity contribution in [2.45, 2.75) is 32.0 Å². The van der Waals surface area contributed by atoms with Crippen molar-refractivity contribution in [2.75, 3.05) is 13.1 Å². The maximum absolute atomic E-state index is 12.9. The normalized spacial score (nSPS) is 21.0. The lowest BCUT2D eigenvalue weighted by Gasteiger charge is -2.37. The summed E-state index contributed by atoms with van der Waals surface area (Å²) in [5, 5.41) is 7.66. The second-order valence-corrected chi connectivity index (χ2v) is 6.61. The summed E-state index contributed by atoms with van der Waals surface area (Å²) in [6, 6.07) is 4.65. The summed E-state index contributed by atoms with van der Waals surface area (Å²) < 4.78 is 39.7. The lowest BCUT2D eigenvalue weighted by molar-refractivity contribution is -0.137. The molecule has 2 heterocycles. The van der Waals surface area contributed by atoms with E-state index >= 15 is 0 Å². The van der Waals surface area contributed by atoms with E-state index in [0.717, 1.165) is 25.0 Å². The topological polar surface area (TPSA) is 77.0 Å². The van der Waals surface area contributed by atoms with Crippen LogP contribution in [0.1, 0.15) is 35.8 Å². The van der Waals surface area contributed by atoms with E-state index in [-0.39, 0.29) is 23.3 Å². The van der Waals surface area contributed by atoms with Crippen molar-refractivity contribution >= 4 is 5.91 Å². The van der Waals surface area contributed by atoms with Gasteiger partial charge in [-0.05, 0) is 37.0 Å². The highest BCUT2D eigenvalue weighted by Gasteiger charge is 2.32. The Labute approximate surface area is 148 Å². The number of halogens is 3. The molecule has 0 aliphatic carbocycles. The number of likely N-dealkylation sites (tertiary alicyclic amines) is 1. The van der Waals surface area contributed by atoms with E-state index in [1.165, 1.54) is 23.0 Å². The molecule has 1 amide bonds. The van der Waals surface area contributed by atoms with Gasteiger partial charge < -0.3 is 10.6 Å². The predicted molar refractivity (Wildman–Crippen MR) is 88.6 cm³/mol. The minimum Gasteiger partial charge on any atom is -0.333 e. The molecular weight excluding hydrogens is 347 g/mol. The van der Waals surface area contributed by atoms with Gasteiger partial charge in [-0.1, -0.05) is 18.2 Å². The Morgan fingerprint density at radius 1 is 1.38 bits per heavy atom. The minimum absolute atomic E-state index is 0.0649. The Kier molecular flexibility index (Phi) is 4.99. The Balaban J connectivity index is 1.83. The van der Waals surface area contributed by atoms with E-state index in [1.807, 2.05) is 0 Å². The van der Waals surface area contributed by atoms with E-state index < -0.39 is 11.7 Å². The smallest absolute Gasteiger partial charge is 0.333 e. The molecule has 0 saturated carbocycles. The van der Waals surface area contributed by atoms with E-state index in [4.69, 9.17) is 5.73 Å². The predicted octanol–water partition coefficient (Wildman–Crippen LogP) is 2.49. The molecule has 1 aromatic heterocycles. The van der Waals surface area contributed by atoms with Crippen LogP contribution in [0.25, 0.3) is 5.69 Å². The fourth-order valence-corrected chi connectivity index (χ4v) is 3.20. The molecule has 9 heteroatoms. The number of hydrogen-bond donors (Lipinski definition) is 1. The van der Waals surface area contributed by atoms with Crippen LogP contribution < -0.4 is 5.73 Å². The lowest BCUT2D eigenvalue weighted by atomic mass is 9.92. The standard InChI is InChI=1S/C17H20F3N5O/c1-11-5-6-24(14(7-11)9-21)16(26)15-10-25(23-22-15)13-4-2-3-12(8-13)17(18,19)20/h2-4,8,10-11,14H,5-7,9,21H2,1H3. The second-order valence-electron chi connectivity index (χ2n) is 6.61. The molecule has 2 N–H and O–H groups in total. The van der Waals surface area contributed by atoms with Crippen molar-refractivity contribution in [3.8, 4) is 5.69 Å². The van der Waals surface area contributed by atoms with Gasteiger partial charge >= 0.3 is 6.18 Å². The van der Waals surface area contributed by atoms with Crippen LogP contribution in [0.3, 0.4) is 0 Å². The summed E-state index contributed by atoms with van der Waals surface area (Å²) in [5.41, 5.74) is 5.28. The third kappa shape index (κ3) is 3.72. The molecule has 1 fully saturated rings. The number of rotatable bonds is 3. The van der Waals surface area contributed by atoms with Crippen LogP contribution in [0.2, 0.25) is 0 Å². The lowest BCUT2D eigenvalue weighted by Crippen LogP contribution is -2.49. The highest BCUT2D eigenvalue weighted by Crippen LogP contribution is 2.30. The summed E-state index contributed by atoms with van der Waals surface area (Å²) in [4.78, 5) is 14.4. The van der Waals surface area contributed by atoms with E-state index in [2.05, 4.69) is 17.2 Å². The first kappa shape index (κ1) is 18.4. The van der Waals surface area contributed by atoms with Gasteiger partial charge in [0.25, 0.3) is 5.91 Å². The molecule has 3 rings (SSSR count). The number of piperidine rings is 1. The molecule has 26 heavy (non-hydrogen) atoms. The molecule has 2 atom stereocenters. The first-order chi connectivity index (χ1) is 12.3.